The summed E-state index contributed by atoms with van der Waals surface area (Å²) < 4.78 is 6.54. The zero-order valence-electron chi connectivity index (χ0n) is 8.80. The van der Waals surface area contributed by atoms with Crippen LogP contribution >= 0.6 is 22.6 Å². The minimum Gasteiger partial charge on any atom is -0.469 e. The first kappa shape index (κ1) is 11.3. The lowest BCUT2D eigenvalue weighted by Crippen LogP contribution is -2.04. The Morgan fingerprint density at radius 2 is 1.81 bits per heavy atom. The second-order valence-corrected chi connectivity index (χ2v) is 4.47. The quantitative estimate of drug-likeness (QED) is 0.813. The van der Waals surface area contributed by atoms with E-state index in [1.807, 2.05) is 49.4 Å². The fourth-order valence-corrected chi connectivity index (χ4v) is 1.63. The maximum Gasteiger partial charge on any atom is 0.234 e. The molecule has 4 heteroatoms. The van der Waals surface area contributed by atoms with Crippen molar-refractivity contribution >= 4 is 22.6 Å². The summed E-state index contributed by atoms with van der Waals surface area (Å²) in [7, 11) is 0. The molecule has 82 valence electrons. The van der Waals surface area contributed by atoms with Gasteiger partial charge in [-0.2, -0.15) is 0 Å². The Hall–Kier alpha value is -1.17. The molecule has 0 aliphatic heterocycles. The summed E-state index contributed by atoms with van der Waals surface area (Å²) in [6.45, 7) is 2.00. The predicted molar refractivity (Wildman–Crippen MR) is 70.2 cm³/mol. The molecule has 0 radical (unpaired) electrons. The molecule has 0 aliphatic rings. The maximum absolute atomic E-state index is 5.68. The predicted octanol–water partition coefficient (Wildman–Crippen LogP) is 3.22. The van der Waals surface area contributed by atoms with Gasteiger partial charge in [-0.05, 0) is 41.1 Å². The number of benzene rings is 1. The van der Waals surface area contributed by atoms with Crippen molar-refractivity contribution in [1.29, 1.82) is 0 Å². The minimum absolute atomic E-state index is 0.0180. The van der Waals surface area contributed by atoms with E-state index in [9.17, 15) is 0 Å². The lowest BCUT2D eigenvalue weighted by molar-refractivity contribution is 0.214. The van der Waals surface area contributed by atoms with Crippen molar-refractivity contribution in [2.45, 2.75) is 13.0 Å². The Bertz CT molecular complexity index is 444. The van der Waals surface area contributed by atoms with Crippen LogP contribution in [0.15, 0.2) is 42.5 Å². The van der Waals surface area contributed by atoms with Crippen molar-refractivity contribution in [2.75, 3.05) is 0 Å². The van der Waals surface area contributed by atoms with Crippen LogP contribution < -0.4 is 4.74 Å². The van der Waals surface area contributed by atoms with Crippen molar-refractivity contribution in [2.24, 2.45) is 0 Å². The van der Waals surface area contributed by atoms with Gasteiger partial charge in [-0.15, -0.1) is 10.2 Å². The van der Waals surface area contributed by atoms with Gasteiger partial charge < -0.3 is 4.74 Å². The van der Waals surface area contributed by atoms with Gasteiger partial charge in [-0.25, -0.2) is 0 Å². The van der Waals surface area contributed by atoms with Gasteiger partial charge in [-0.3, -0.25) is 0 Å². The van der Waals surface area contributed by atoms with E-state index in [-0.39, 0.29) is 6.10 Å². The highest BCUT2D eigenvalue weighted by molar-refractivity contribution is 14.1. The van der Waals surface area contributed by atoms with Crippen LogP contribution in [0.4, 0.5) is 0 Å². The maximum atomic E-state index is 5.68. The van der Waals surface area contributed by atoms with Crippen LogP contribution in [0.1, 0.15) is 18.6 Å². The third-order valence-electron chi connectivity index (χ3n) is 2.17. The zero-order valence-corrected chi connectivity index (χ0v) is 11.0. The van der Waals surface area contributed by atoms with E-state index in [0.717, 1.165) is 9.26 Å². The summed E-state index contributed by atoms with van der Waals surface area (Å²) in [6, 6.07) is 13.7. The van der Waals surface area contributed by atoms with Gasteiger partial charge >= 0.3 is 0 Å². The van der Waals surface area contributed by atoms with Crippen molar-refractivity contribution in [1.82, 2.24) is 10.2 Å². The van der Waals surface area contributed by atoms with Crippen LogP contribution in [0.3, 0.4) is 0 Å². The lowest BCUT2D eigenvalue weighted by Gasteiger charge is -2.13. The van der Waals surface area contributed by atoms with E-state index in [0.29, 0.717) is 5.88 Å². The standard InChI is InChI=1S/C12H11IN2O/c1-9(10-5-3-2-4-6-10)16-12-8-7-11(13)14-15-12/h2-9H,1H3. The number of halogens is 1. The second kappa shape index (κ2) is 5.25. The molecule has 1 aromatic heterocycles. The minimum atomic E-state index is -0.0180. The van der Waals surface area contributed by atoms with E-state index in [2.05, 4.69) is 32.8 Å². The highest BCUT2D eigenvalue weighted by Gasteiger charge is 2.07. The van der Waals surface area contributed by atoms with Gasteiger partial charge in [0.1, 0.15) is 9.80 Å². The van der Waals surface area contributed by atoms with Gasteiger partial charge in [-0.1, -0.05) is 30.3 Å². The summed E-state index contributed by atoms with van der Waals surface area (Å²) in [5.74, 6) is 0.553. The third-order valence-corrected chi connectivity index (χ3v) is 2.75. The molecular weight excluding hydrogens is 315 g/mol. The highest BCUT2D eigenvalue weighted by atomic mass is 127. The summed E-state index contributed by atoms with van der Waals surface area (Å²) in [6.07, 6.45) is -0.0180. The van der Waals surface area contributed by atoms with Crippen LogP contribution in [0.2, 0.25) is 0 Å². The molecule has 1 atom stereocenters. The Balaban J connectivity index is 2.08. The van der Waals surface area contributed by atoms with Gasteiger partial charge in [0.2, 0.25) is 5.88 Å². The first-order valence-electron chi connectivity index (χ1n) is 4.96. The molecule has 0 aliphatic carbocycles. The number of aromatic nitrogens is 2. The van der Waals surface area contributed by atoms with Crippen LogP contribution in [0.25, 0.3) is 0 Å². The molecule has 16 heavy (non-hydrogen) atoms. The third kappa shape index (κ3) is 2.91. The van der Waals surface area contributed by atoms with Crippen LogP contribution in [-0.2, 0) is 0 Å². The fraction of sp³-hybridized carbons (Fsp3) is 0.167. The van der Waals surface area contributed by atoms with Crippen molar-refractivity contribution in [3.63, 3.8) is 0 Å². The normalized spacial score (nSPS) is 12.1. The average molecular weight is 326 g/mol. The Kier molecular flexibility index (Phi) is 3.71. The smallest absolute Gasteiger partial charge is 0.234 e. The van der Waals surface area contributed by atoms with E-state index >= 15 is 0 Å². The average Bonchev–Trinajstić information content (AvgIpc) is 2.33. The van der Waals surface area contributed by atoms with Crippen molar-refractivity contribution in [3.05, 3.63) is 51.7 Å². The molecule has 2 aromatic rings. The van der Waals surface area contributed by atoms with Crippen molar-refractivity contribution in [3.8, 4) is 5.88 Å². The number of hydrogen-bond donors (Lipinski definition) is 0. The second-order valence-electron chi connectivity index (χ2n) is 3.37. The number of rotatable bonds is 3. The van der Waals surface area contributed by atoms with Crippen LogP contribution in [0.5, 0.6) is 5.88 Å². The molecule has 0 saturated heterocycles. The number of nitrogens with zero attached hydrogens (tertiary/aromatic N) is 2. The monoisotopic (exact) mass is 326 g/mol. The zero-order chi connectivity index (χ0) is 11.4. The summed E-state index contributed by atoms with van der Waals surface area (Å²) in [5, 5.41) is 7.90. The summed E-state index contributed by atoms with van der Waals surface area (Å²) in [4.78, 5) is 0. The summed E-state index contributed by atoms with van der Waals surface area (Å²) in [5.41, 5.74) is 1.13. The number of hydrogen-bond acceptors (Lipinski definition) is 3. The Morgan fingerprint density at radius 1 is 1.06 bits per heavy atom. The van der Waals surface area contributed by atoms with E-state index < -0.39 is 0 Å². The first-order valence-corrected chi connectivity index (χ1v) is 6.04. The van der Waals surface area contributed by atoms with E-state index in [1.54, 1.807) is 0 Å². The highest BCUT2D eigenvalue weighted by Crippen LogP contribution is 2.19. The molecule has 1 heterocycles. The molecule has 0 N–H and O–H groups in total. The molecule has 0 fully saturated rings. The molecule has 0 amide bonds. The lowest BCUT2D eigenvalue weighted by atomic mass is 10.1. The molecule has 0 spiro atoms. The molecule has 0 bridgehead atoms. The van der Waals surface area contributed by atoms with Gasteiger partial charge in [0.25, 0.3) is 0 Å². The summed E-state index contributed by atoms with van der Waals surface area (Å²) >= 11 is 2.11. The molecule has 1 aromatic carbocycles. The first-order chi connectivity index (χ1) is 7.75. The van der Waals surface area contributed by atoms with E-state index in [1.165, 1.54) is 0 Å². The van der Waals surface area contributed by atoms with Gasteiger partial charge in [0, 0.05) is 6.07 Å². The number of ether oxygens (including phenoxy) is 1. The Morgan fingerprint density at radius 3 is 2.44 bits per heavy atom. The SMILES string of the molecule is CC(Oc1ccc(I)nn1)c1ccccc1. The largest absolute Gasteiger partial charge is 0.469 e. The van der Waals surface area contributed by atoms with Gasteiger partial charge in [0.15, 0.2) is 0 Å². The topological polar surface area (TPSA) is 35.0 Å². The van der Waals surface area contributed by atoms with Crippen molar-refractivity contribution < 1.29 is 4.74 Å². The molecule has 1 unspecified atom stereocenters. The molecule has 3 nitrogen and oxygen atoms in total. The Labute approximate surface area is 108 Å². The molecular formula is C12H11IN2O. The van der Waals surface area contributed by atoms with Crippen LogP contribution in [0, 0.1) is 3.70 Å². The van der Waals surface area contributed by atoms with Crippen LogP contribution in [-0.4, -0.2) is 10.2 Å². The van der Waals surface area contributed by atoms with Gasteiger partial charge in [0.05, 0.1) is 0 Å². The van der Waals surface area contributed by atoms with E-state index in [4.69, 9.17) is 4.74 Å². The molecule has 0 saturated carbocycles. The molecule has 2 rings (SSSR count). The fourth-order valence-electron chi connectivity index (χ4n) is 1.34.